The SMILES string of the molecule is CCCC(C)NC(=O)COC(=O)c1nn(-c2ccc(Cl)cc2)c(C)cc1=O. The summed E-state index contributed by atoms with van der Waals surface area (Å²) in [6.45, 7) is 5.11. The number of hydrogen-bond donors (Lipinski definition) is 1. The second-order valence-corrected chi connectivity index (χ2v) is 6.66. The normalized spacial score (nSPS) is 11.7. The number of nitrogens with one attached hydrogen (secondary N) is 1. The number of benzene rings is 1. The van der Waals surface area contributed by atoms with Crippen molar-refractivity contribution in [3.05, 3.63) is 57.0 Å². The average Bonchev–Trinajstić information content (AvgIpc) is 2.61. The van der Waals surface area contributed by atoms with E-state index < -0.39 is 23.9 Å². The number of hydrogen-bond acceptors (Lipinski definition) is 5. The molecule has 2 rings (SSSR count). The first kappa shape index (κ1) is 20.6. The van der Waals surface area contributed by atoms with Crippen LogP contribution in [-0.4, -0.2) is 34.3 Å². The average molecular weight is 392 g/mol. The van der Waals surface area contributed by atoms with Crippen LogP contribution in [0.5, 0.6) is 0 Å². The van der Waals surface area contributed by atoms with Gasteiger partial charge in [0.25, 0.3) is 5.91 Å². The molecular weight excluding hydrogens is 370 g/mol. The van der Waals surface area contributed by atoms with E-state index in [-0.39, 0.29) is 11.7 Å². The highest BCUT2D eigenvalue weighted by atomic mass is 35.5. The van der Waals surface area contributed by atoms with Crippen molar-refractivity contribution in [3.63, 3.8) is 0 Å². The van der Waals surface area contributed by atoms with Crippen LogP contribution in [0.4, 0.5) is 0 Å². The Morgan fingerprint density at radius 1 is 1.30 bits per heavy atom. The molecule has 1 unspecified atom stereocenters. The van der Waals surface area contributed by atoms with Gasteiger partial charge in [0.2, 0.25) is 11.1 Å². The minimum Gasteiger partial charge on any atom is -0.451 e. The van der Waals surface area contributed by atoms with E-state index in [4.69, 9.17) is 16.3 Å². The highest BCUT2D eigenvalue weighted by Gasteiger charge is 2.18. The van der Waals surface area contributed by atoms with Crippen molar-refractivity contribution in [3.8, 4) is 5.69 Å². The van der Waals surface area contributed by atoms with Crippen molar-refractivity contribution in [2.75, 3.05) is 6.61 Å². The molecule has 27 heavy (non-hydrogen) atoms. The van der Waals surface area contributed by atoms with Crippen LogP contribution < -0.4 is 10.7 Å². The molecule has 0 aliphatic heterocycles. The van der Waals surface area contributed by atoms with Gasteiger partial charge in [-0.3, -0.25) is 9.59 Å². The summed E-state index contributed by atoms with van der Waals surface area (Å²) < 4.78 is 6.39. The van der Waals surface area contributed by atoms with E-state index in [1.54, 1.807) is 31.2 Å². The van der Waals surface area contributed by atoms with Gasteiger partial charge in [0, 0.05) is 22.8 Å². The first-order chi connectivity index (χ1) is 12.8. The number of halogens is 1. The number of carbonyl (C=O) groups is 2. The van der Waals surface area contributed by atoms with E-state index in [0.29, 0.717) is 16.4 Å². The Bertz CT molecular complexity index is 878. The van der Waals surface area contributed by atoms with Crippen molar-refractivity contribution in [2.24, 2.45) is 0 Å². The van der Waals surface area contributed by atoms with Crippen LogP contribution in [0.25, 0.3) is 5.69 Å². The minimum atomic E-state index is -0.944. The molecule has 144 valence electrons. The number of aryl methyl sites for hydroxylation is 1. The van der Waals surface area contributed by atoms with E-state index in [0.717, 1.165) is 12.8 Å². The van der Waals surface area contributed by atoms with Crippen LogP contribution in [-0.2, 0) is 9.53 Å². The molecular formula is C19H22ClN3O4. The Kier molecular flexibility index (Phi) is 7.12. The van der Waals surface area contributed by atoms with Crippen molar-refractivity contribution in [1.29, 1.82) is 0 Å². The van der Waals surface area contributed by atoms with Crippen molar-refractivity contribution >= 4 is 23.5 Å². The van der Waals surface area contributed by atoms with Gasteiger partial charge in [0.1, 0.15) is 0 Å². The lowest BCUT2D eigenvalue weighted by Crippen LogP contribution is -2.36. The molecule has 1 aromatic heterocycles. The molecule has 0 aliphatic carbocycles. The van der Waals surface area contributed by atoms with E-state index in [1.165, 1.54) is 10.7 Å². The van der Waals surface area contributed by atoms with Crippen LogP contribution in [0.3, 0.4) is 0 Å². The molecule has 0 aliphatic rings. The summed E-state index contributed by atoms with van der Waals surface area (Å²) in [4.78, 5) is 36.2. The Labute approximate surface area is 162 Å². The molecule has 2 aromatic rings. The molecule has 1 N–H and O–H groups in total. The highest BCUT2D eigenvalue weighted by Crippen LogP contribution is 2.14. The zero-order valence-corrected chi connectivity index (χ0v) is 16.2. The Morgan fingerprint density at radius 3 is 2.59 bits per heavy atom. The molecule has 0 bridgehead atoms. The monoisotopic (exact) mass is 391 g/mol. The van der Waals surface area contributed by atoms with Gasteiger partial charge in [-0.25, -0.2) is 9.48 Å². The summed E-state index contributed by atoms with van der Waals surface area (Å²) in [7, 11) is 0. The number of aromatic nitrogens is 2. The quantitative estimate of drug-likeness (QED) is 0.733. The molecule has 1 atom stereocenters. The topological polar surface area (TPSA) is 90.3 Å². The van der Waals surface area contributed by atoms with Gasteiger partial charge < -0.3 is 10.1 Å². The standard InChI is InChI=1S/C19H22ClN3O4/c1-4-5-12(2)21-17(25)11-27-19(26)18-16(24)10-13(3)23(22-18)15-8-6-14(20)7-9-15/h6-10,12H,4-5,11H2,1-3H3,(H,21,25). The fourth-order valence-corrected chi connectivity index (χ4v) is 2.68. The van der Waals surface area contributed by atoms with Crippen LogP contribution in [0.15, 0.2) is 35.1 Å². The van der Waals surface area contributed by atoms with E-state index in [2.05, 4.69) is 10.4 Å². The molecule has 0 saturated heterocycles. The molecule has 0 fully saturated rings. The van der Waals surface area contributed by atoms with Crippen molar-refractivity contribution < 1.29 is 14.3 Å². The van der Waals surface area contributed by atoms with Crippen molar-refractivity contribution in [1.82, 2.24) is 15.1 Å². The summed E-state index contributed by atoms with van der Waals surface area (Å²) in [5.74, 6) is -1.37. The maximum atomic E-state index is 12.2. The molecule has 1 heterocycles. The van der Waals surface area contributed by atoms with Gasteiger partial charge in [-0.2, -0.15) is 5.10 Å². The fourth-order valence-electron chi connectivity index (χ4n) is 2.55. The number of esters is 1. The Hall–Kier alpha value is -2.67. The van der Waals surface area contributed by atoms with Gasteiger partial charge in [0.15, 0.2) is 6.61 Å². The third-order valence-electron chi connectivity index (χ3n) is 3.84. The minimum absolute atomic E-state index is 0.0131. The van der Waals surface area contributed by atoms with Crippen LogP contribution in [0, 0.1) is 6.92 Å². The lowest BCUT2D eigenvalue weighted by atomic mass is 10.2. The third-order valence-corrected chi connectivity index (χ3v) is 4.09. The smallest absolute Gasteiger partial charge is 0.363 e. The number of ether oxygens (including phenoxy) is 1. The van der Waals surface area contributed by atoms with Gasteiger partial charge in [-0.05, 0) is 44.5 Å². The summed E-state index contributed by atoms with van der Waals surface area (Å²) in [5, 5.41) is 7.37. The summed E-state index contributed by atoms with van der Waals surface area (Å²) in [6.07, 6.45) is 1.75. The predicted molar refractivity (Wildman–Crippen MR) is 102 cm³/mol. The van der Waals surface area contributed by atoms with Gasteiger partial charge in [-0.15, -0.1) is 0 Å². The molecule has 7 nitrogen and oxygen atoms in total. The second-order valence-electron chi connectivity index (χ2n) is 6.22. The Morgan fingerprint density at radius 2 is 1.96 bits per heavy atom. The zero-order valence-electron chi connectivity index (χ0n) is 15.5. The Balaban J connectivity index is 2.14. The number of rotatable bonds is 7. The molecule has 8 heteroatoms. The second kappa shape index (κ2) is 9.32. The van der Waals surface area contributed by atoms with Gasteiger partial charge >= 0.3 is 5.97 Å². The number of carbonyl (C=O) groups excluding carboxylic acids is 2. The summed E-state index contributed by atoms with van der Waals surface area (Å²) in [6, 6.07) is 8.06. The largest absolute Gasteiger partial charge is 0.451 e. The molecule has 1 amide bonds. The zero-order chi connectivity index (χ0) is 20.0. The molecule has 1 aromatic carbocycles. The van der Waals surface area contributed by atoms with E-state index in [1.807, 2.05) is 13.8 Å². The maximum Gasteiger partial charge on any atom is 0.363 e. The molecule has 0 spiro atoms. The first-order valence-corrected chi connectivity index (χ1v) is 9.03. The number of amides is 1. The van der Waals surface area contributed by atoms with Crippen LogP contribution >= 0.6 is 11.6 Å². The molecule has 0 radical (unpaired) electrons. The lowest BCUT2D eigenvalue weighted by Gasteiger charge is -2.13. The lowest BCUT2D eigenvalue weighted by molar-refractivity contribution is -0.124. The van der Waals surface area contributed by atoms with Gasteiger partial charge in [-0.1, -0.05) is 24.9 Å². The maximum absolute atomic E-state index is 12.2. The first-order valence-electron chi connectivity index (χ1n) is 8.65. The fraction of sp³-hybridized carbons (Fsp3) is 0.368. The summed E-state index contributed by atoms with van der Waals surface area (Å²) >= 11 is 5.88. The third kappa shape index (κ3) is 5.65. The van der Waals surface area contributed by atoms with E-state index >= 15 is 0 Å². The number of nitrogens with zero attached hydrogens (tertiary/aromatic N) is 2. The molecule has 0 saturated carbocycles. The predicted octanol–water partition coefficient (Wildman–Crippen LogP) is 2.66. The van der Waals surface area contributed by atoms with Crippen molar-refractivity contribution in [2.45, 2.75) is 39.7 Å². The van der Waals surface area contributed by atoms with Gasteiger partial charge in [0.05, 0.1) is 5.69 Å². The van der Waals surface area contributed by atoms with E-state index in [9.17, 15) is 14.4 Å². The summed E-state index contributed by atoms with van der Waals surface area (Å²) in [5.41, 5.74) is 0.231. The van der Waals surface area contributed by atoms with Crippen LogP contribution in [0.2, 0.25) is 5.02 Å². The van der Waals surface area contributed by atoms with Crippen LogP contribution in [0.1, 0.15) is 42.9 Å². The highest BCUT2D eigenvalue weighted by molar-refractivity contribution is 6.30.